The number of nitrogens with one attached hydrogen (secondary N) is 1. The van der Waals surface area contributed by atoms with Gasteiger partial charge in [-0.05, 0) is 0 Å². The molecule has 0 aromatic carbocycles. The summed E-state index contributed by atoms with van der Waals surface area (Å²) in [6.07, 6.45) is 2.70. The van der Waals surface area contributed by atoms with Gasteiger partial charge in [-0.3, -0.25) is 0 Å². The van der Waals surface area contributed by atoms with Crippen LogP contribution in [0.4, 0.5) is 0 Å². The first-order valence-corrected chi connectivity index (χ1v) is 14.8. The average Bonchev–Trinajstić information content (AvgIpc) is 3.22. The van der Waals surface area contributed by atoms with Gasteiger partial charge in [-0.25, -0.2) is 0 Å². The molecule has 0 saturated carbocycles. The first-order valence-electron chi connectivity index (χ1n) is 12.9. The van der Waals surface area contributed by atoms with Crippen LogP contribution in [0.25, 0.3) is 0 Å². The van der Waals surface area contributed by atoms with E-state index in [4.69, 9.17) is 8.05 Å². The van der Waals surface area contributed by atoms with Gasteiger partial charge in [-0.15, -0.1) is 0 Å². The van der Waals surface area contributed by atoms with Gasteiger partial charge >= 0.3 is 231 Å². The maximum Gasteiger partial charge on any atom is 0 e. The largest absolute Gasteiger partial charge is 0.358 e. The summed E-state index contributed by atoms with van der Waals surface area (Å²) < 4.78 is 7.36. The number of nitrogens with zero attached hydrogens (tertiary/aromatic N) is 4. The fraction of sp³-hybridized carbons (Fsp3) is 0.654. The summed E-state index contributed by atoms with van der Waals surface area (Å²) in [5.74, 6) is -1.21. The maximum absolute atomic E-state index is 12.6. The van der Waals surface area contributed by atoms with Crippen molar-refractivity contribution in [2.24, 2.45) is 0 Å². The van der Waals surface area contributed by atoms with Gasteiger partial charge in [0.2, 0.25) is 0 Å². The summed E-state index contributed by atoms with van der Waals surface area (Å²) >= 11 is -0.970. The molecule has 1 aromatic heterocycles. The van der Waals surface area contributed by atoms with E-state index in [1.54, 1.807) is 4.90 Å². The van der Waals surface area contributed by atoms with Crippen molar-refractivity contribution in [1.82, 2.24) is 23.2 Å². The molecule has 1 amide bonds. The average molecular weight is 705 g/mol. The van der Waals surface area contributed by atoms with Crippen molar-refractivity contribution in [2.75, 3.05) is 39.8 Å². The van der Waals surface area contributed by atoms with Crippen LogP contribution in [0.15, 0.2) is 18.2 Å². The second kappa shape index (κ2) is 20.5. The summed E-state index contributed by atoms with van der Waals surface area (Å²) in [4.78, 5) is 45.3. The molecule has 3 N–H and O–H groups in total. The molecule has 2 atom stereocenters. The predicted molar refractivity (Wildman–Crippen MR) is 140 cm³/mol. The van der Waals surface area contributed by atoms with Crippen LogP contribution in [-0.2, 0) is 47.6 Å². The van der Waals surface area contributed by atoms with E-state index in [0.29, 0.717) is 52.1 Å². The Labute approximate surface area is 254 Å². The summed E-state index contributed by atoms with van der Waals surface area (Å²) in [6, 6.07) is 4.60. The number of carbonyl (C=O) groups excluding carboxylic acids is 2. The molecular weight excluding hydrogens is 660 g/mol. The predicted octanol–water partition coefficient (Wildman–Crippen LogP) is -1.54. The number of aromatic nitrogens is 1. The molecule has 13 heteroatoms. The smallest absolute Gasteiger partial charge is 0 e. The zero-order valence-electron chi connectivity index (χ0n) is 23.4. The van der Waals surface area contributed by atoms with Crippen LogP contribution in [0.3, 0.4) is 0 Å². The van der Waals surface area contributed by atoms with Gasteiger partial charge < -0.3 is 7.43 Å². The van der Waals surface area contributed by atoms with Gasteiger partial charge in [0.05, 0.1) is 0 Å². The van der Waals surface area contributed by atoms with E-state index in [2.05, 4.69) is 5.32 Å². The van der Waals surface area contributed by atoms with Gasteiger partial charge in [-0.2, -0.15) is 0 Å². The van der Waals surface area contributed by atoms with Crippen LogP contribution in [-0.4, -0.2) is 97.9 Å². The van der Waals surface area contributed by atoms with Gasteiger partial charge in [0, 0.05) is 17.1 Å². The van der Waals surface area contributed by atoms with Crippen LogP contribution in [0, 0.1) is 7.43 Å². The minimum atomic E-state index is -0.970. The topological polar surface area (TPSA) is 136 Å². The van der Waals surface area contributed by atoms with E-state index in [1.165, 1.54) is 0 Å². The molecule has 2 heterocycles. The van der Waals surface area contributed by atoms with Crippen molar-refractivity contribution in [2.45, 2.75) is 71.1 Å². The molecule has 2 unspecified atom stereocenters. The van der Waals surface area contributed by atoms with E-state index in [1.807, 2.05) is 47.1 Å². The molecule has 1 saturated heterocycles. The van der Waals surface area contributed by atoms with Gasteiger partial charge in [0.25, 0.3) is 0 Å². The molecule has 1 fully saturated rings. The molecule has 39 heavy (non-hydrogen) atoms. The van der Waals surface area contributed by atoms with E-state index in [9.17, 15) is 24.6 Å². The number of pyridine rings is 1. The minimum Gasteiger partial charge on any atom is -0.358 e. The molecule has 1 aromatic rings. The molecule has 1 aliphatic heterocycles. The first kappa shape index (κ1) is 37.6. The number of rotatable bonds is 18. The number of carbonyl (C=O) groups is 3. The maximum atomic E-state index is 12.6. The third kappa shape index (κ3) is 12.4. The number of carboxylic acid groups (broad SMARTS) is 1. The molecule has 0 bridgehead atoms. The first-order chi connectivity index (χ1) is 17.8. The third-order valence-corrected chi connectivity index (χ3v) is 8.29. The van der Waals surface area contributed by atoms with Crippen molar-refractivity contribution >= 4 is 17.8 Å². The molecule has 1 aliphatic rings. The van der Waals surface area contributed by atoms with Crippen LogP contribution in [0.5, 0.6) is 0 Å². The second-order valence-electron chi connectivity index (χ2n) is 9.02. The molecule has 0 aliphatic carbocycles. The normalized spacial score (nSPS) is 16.0. The zero-order valence-corrected chi connectivity index (χ0v) is 26.8. The van der Waals surface area contributed by atoms with E-state index >= 15 is 0 Å². The Kier molecular flexibility index (Phi) is 19.8. The zero-order chi connectivity index (χ0) is 27.2. The SMILES string of the molecule is CCCC(C(=O)O)N(CCNC)Cc1cccc(CN2[I-]OC(=O)C2CCC(=O)N(CCC)CCO)n1.[CH3-].[Mn]. The number of halogens is 1. The number of aliphatic carboxylic acids is 1. The molecule has 2 rings (SSSR count). The van der Waals surface area contributed by atoms with Crippen molar-refractivity contribution in [3.63, 3.8) is 0 Å². The summed E-state index contributed by atoms with van der Waals surface area (Å²) in [7, 11) is 1.84. The number of hydrogen-bond donors (Lipinski definition) is 3. The van der Waals surface area contributed by atoms with E-state index in [0.717, 1.165) is 24.2 Å². The van der Waals surface area contributed by atoms with Crippen LogP contribution in [0.1, 0.15) is 57.3 Å². The Morgan fingerprint density at radius 3 is 2.54 bits per heavy atom. The second-order valence-corrected chi connectivity index (χ2v) is 11.1. The Morgan fingerprint density at radius 2 is 1.92 bits per heavy atom. The monoisotopic (exact) mass is 704 g/mol. The Bertz CT molecular complexity index is 877. The Hall–Kier alpha value is -1.35. The Morgan fingerprint density at radius 1 is 1.21 bits per heavy atom. The quantitative estimate of drug-likeness (QED) is 0.0715. The van der Waals surface area contributed by atoms with E-state index < -0.39 is 39.9 Å². The fourth-order valence-electron chi connectivity index (χ4n) is 4.26. The van der Waals surface area contributed by atoms with Crippen LogP contribution >= 0.6 is 0 Å². The van der Waals surface area contributed by atoms with Crippen molar-refractivity contribution in [3.05, 3.63) is 37.0 Å². The minimum absolute atomic E-state index is 0. The van der Waals surface area contributed by atoms with Crippen molar-refractivity contribution in [3.8, 4) is 0 Å². The summed E-state index contributed by atoms with van der Waals surface area (Å²) in [5, 5.41) is 22.1. The van der Waals surface area contributed by atoms with Gasteiger partial charge in [0.15, 0.2) is 0 Å². The molecule has 11 nitrogen and oxygen atoms in total. The number of likely N-dealkylation sites (N-methyl/N-ethyl adjacent to an activating group) is 1. The van der Waals surface area contributed by atoms with Crippen LogP contribution in [0.2, 0.25) is 0 Å². The van der Waals surface area contributed by atoms with Gasteiger partial charge in [0.1, 0.15) is 0 Å². The number of aliphatic hydroxyl groups is 1. The standard InChI is InChI=1S/C25H41IN5O6.CH3.Mn/c1-4-7-21(24(34)35)30(14-12-27-3)17-19-8-6-9-20(28-19)18-31-22(25(36)37-26-31)10-11-23(33)29(13-5-2)15-16-32;;/h6,8-9,21-22,27,32H,4-5,7,10-18H2,1-3H3,(H,34,35);1H3;/q2*-1;. The third-order valence-electron chi connectivity index (χ3n) is 6.14. The molecule has 0 spiro atoms. The fourth-order valence-corrected chi connectivity index (χ4v) is 6.27. The molecule has 225 valence electrons. The summed E-state index contributed by atoms with van der Waals surface area (Å²) in [6.45, 7) is 6.82. The van der Waals surface area contributed by atoms with E-state index in [-0.39, 0.29) is 49.4 Å². The van der Waals surface area contributed by atoms with Crippen LogP contribution < -0.4 is 27.2 Å². The van der Waals surface area contributed by atoms with Crippen molar-refractivity contribution < 1.29 is 66.6 Å². The number of carboxylic acids is 1. The van der Waals surface area contributed by atoms with Crippen molar-refractivity contribution in [1.29, 1.82) is 0 Å². The molecular formula is C26H44IMnN5O6-2. The Balaban J connectivity index is 0.00000722. The number of aliphatic hydroxyl groups excluding tert-OH is 1. The summed E-state index contributed by atoms with van der Waals surface area (Å²) in [5.41, 5.74) is 1.54. The number of amides is 1. The van der Waals surface area contributed by atoms with Gasteiger partial charge in [-0.1, -0.05) is 0 Å². The molecule has 1 radical (unpaired) electrons. The number of hydrogen-bond acceptors (Lipinski definition) is 9.